The van der Waals surface area contributed by atoms with Crippen molar-refractivity contribution in [1.29, 1.82) is 0 Å². The molecule has 1 aromatic carbocycles. The summed E-state index contributed by atoms with van der Waals surface area (Å²) in [7, 11) is 1.69. The van der Waals surface area contributed by atoms with E-state index in [9.17, 15) is 4.79 Å². The van der Waals surface area contributed by atoms with Crippen LogP contribution in [0.4, 0.5) is 5.69 Å². The number of nitrogens with zero attached hydrogens (tertiary/aromatic N) is 1. The van der Waals surface area contributed by atoms with Crippen LogP contribution in [-0.2, 0) is 10.2 Å². The number of fused-ring (bicyclic) bond motifs is 2. The average molecular weight is 301 g/mol. The maximum absolute atomic E-state index is 12.5. The smallest absolute Gasteiger partial charge is 0.224 e. The minimum atomic E-state index is 0.0701. The van der Waals surface area contributed by atoms with Crippen molar-refractivity contribution in [3.05, 3.63) is 23.8 Å². The SMILES string of the molecule is COc1cccc2c1N(C(C)=O)[C@@H]1C[C@H](C)CC[C@H]1C2(C)C. The summed E-state index contributed by atoms with van der Waals surface area (Å²) in [5.74, 6) is 2.14. The van der Waals surface area contributed by atoms with Crippen molar-refractivity contribution in [2.75, 3.05) is 12.0 Å². The Morgan fingerprint density at radius 1 is 1.32 bits per heavy atom. The van der Waals surface area contributed by atoms with Crippen molar-refractivity contribution in [2.24, 2.45) is 11.8 Å². The first-order valence-electron chi connectivity index (χ1n) is 8.35. The van der Waals surface area contributed by atoms with Gasteiger partial charge in [-0.3, -0.25) is 4.79 Å². The molecule has 1 heterocycles. The van der Waals surface area contributed by atoms with Gasteiger partial charge in [-0.1, -0.05) is 39.3 Å². The third-order valence-electron chi connectivity index (χ3n) is 5.83. The molecule has 1 saturated carbocycles. The molecule has 3 atom stereocenters. The highest BCUT2D eigenvalue weighted by atomic mass is 16.5. The van der Waals surface area contributed by atoms with Crippen LogP contribution in [0.5, 0.6) is 5.75 Å². The molecule has 0 radical (unpaired) electrons. The van der Waals surface area contributed by atoms with Crippen molar-refractivity contribution >= 4 is 11.6 Å². The van der Waals surface area contributed by atoms with Crippen LogP contribution in [0, 0.1) is 11.8 Å². The molecule has 0 saturated heterocycles. The number of para-hydroxylation sites is 1. The van der Waals surface area contributed by atoms with Crippen molar-refractivity contribution in [2.45, 2.75) is 58.4 Å². The Balaban J connectivity index is 2.23. The van der Waals surface area contributed by atoms with Gasteiger partial charge in [0.15, 0.2) is 0 Å². The van der Waals surface area contributed by atoms with E-state index in [0.29, 0.717) is 17.9 Å². The number of carbonyl (C=O) groups excluding carboxylic acids is 1. The Hall–Kier alpha value is -1.51. The van der Waals surface area contributed by atoms with Gasteiger partial charge in [-0.2, -0.15) is 0 Å². The van der Waals surface area contributed by atoms with E-state index in [-0.39, 0.29) is 11.3 Å². The molecule has 0 aromatic heterocycles. The van der Waals surface area contributed by atoms with Crippen LogP contribution in [0.1, 0.15) is 52.5 Å². The number of methoxy groups -OCH3 is 1. The van der Waals surface area contributed by atoms with E-state index >= 15 is 0 Å². The highest BCUT2D eigenvalue weighted by Gasteiger charge is 2.49. The van der Waals surface area contributed by atoms with E-state index in [0.717, 1.165) is 17.9 Å². The third kappa shape index (κ3) is 2.13. The zero-order valence-electron chi connectivity index (χ0n) is 14.3. The minimum Gasteiger partial charge on any atom is -0.495 e. The summed E-state index contributed by atoms with van der Waals surface area (Å²) >= 11 is 0. The third-order valence-corrected chi connectivity index (χ3v) is 5.83. The number of benzene rings is 1. The first kappa shape index (κ1) is 15.4. The molecule has 1 aromatic rings. The molecule has 1 aliphatic carbocycles. The Kier molecular flexibility index (Phi) is 3.70. The lowest BCUT2D eigenvalue weighted by Crippen LogP contribution is -2.56. The number of rotatable bonds is 1. The number of anilines is 1. The van der Waals surface area contributed by atoms with Crippen LogP contribution in [0.3, 0.4) is 0 Å². The molecule has 1 fully saturated rings. The molecule has 22 heavy (non-hydrogen) atoms. The number of hydrogen-bond donors (Lipinski definition) is 0. The summed E-state index contributed by atoms with van der Waals surface area (Å²) in [6.07, 6.45) is 3.54. The molecule has 0 bridgehead atoms. The Labute approximate surface area is 133 Å². The lowest BCUT2D eigenvalue weighted by atomic mass is 9.60. The summed E-state index contributed by atoms with van der Waals surface area (Å²) in [5, 5.41) is 0. The van der Waals surface area contributed by atoms with Crippen LogP contribution >= 0.6 is 0 Å². The predicted octanol–water partition coefficient (Wildman–Crippen LogP) is 4.14. The van der Waals surface area contributed by atoms with Crippen molar-refractivity contribution < 1.29 is 9.53 Å². The molecule has 1 aliphatic heterocycles. The summed E-state index contributed by atoms with van der Waals surface area (Å²) in [4.78, 5) is 14.5. The maximum atomic E-state index is 12.5. The molecular weight excluding hydrogens is 274 g/mol. The number of amides is 1. The second kappa shape index (κ2) is 5.29. The van der Waals surface area contributed by atoms with E-state index < -0.39 is 0 Å². The predicted molar refractivity (Wildman–Crippen MR) is 89.5 cm³/mol. The topological polar surface area (TPSA) is 29.5 Å². The van der Waals surface area contributed by atoms with Crippen LogP contribution in [0.15, 0.2) is 18.2 Å². The Morgan fingerprint density at radius 2 is 2.05 bits per heavy atom. The fourth-order valence-electron chi connectivity index (χ4n) is 4.69. The molecule has 3 heteroatoms. The quantitative estimate of drug-likeness (QED) is 0.780. The Bertz CT molecular complexity index is 593. The highest BCUT2D eigenvalue weighted by Crippen LogP contribution is 2.54. The maximum Gasteiger partial charge on any atom is 0.224 e. The monoisotopic (exact) mass is 301 g/mol. The largest absolute Gasteiger partial charge is 0.495 e. The zero-order valence-corrected chi connectivity index (χ0v) is 14.3. The molecule has 120 valence electrons. The summed E-state index contributed by atoms with van der Waals surface area (Å²) in [5.41, 5.74) is 2.32. The van der Waals surface area contributed by atoms with E-state index in [1.165, 1.54) is 18.4 Å². The molecule has 1 amide bonds. The van der Waals surface area contributed by atoms with Gasteiger partial charge in [0.2, 0.25) is 5.91 Å². The molecule has 2 aliphatic rings. The molecule has 0 spiro atoms. The van der Waals surface area contributed by atoms with E-state index in [1.807, 2.05) is 17.0 Å². The van der Waals surface area contributed by atoms with Crippen LogP contribution < -0.4 is 9.64 Å². The van der Waals surface area contributed by atoms with Gasteiger partial charge >= 0.3 is 0 Å². The fourth-order valence-corrected chi connectivity index (χ4v) is 4.69. The number of hydrogen-bond acceptors (Lipinski definition) is 2. The van der Waals surface area contributed by atoms with Gasteiger partial charge in [0.1, 0.15) is 5.75 Å². The van der Waals surface area contributed by atoms with Gasteiger partial charge in [-0.05, 0) is 41.7 Å². The van der Waals surface area contributed by atoms with Gasteiger partial charge in [0.05, 0.1) is 12.8 Å². The van der Waals surface area contributed by atoms with E-state index in [2.05, 4.69) is 26.8 Å². The van der Waals surface area contributed by atoms with Gasteiger partial charge in [-0.15, -0.1) is 0 Å². The first-order valence-corrected chi connectivity index (χ1v) is 8.35. The van der Waals surface area contributed by atoms with Crippen LogP contribution in [-0.4, -0.2) is 19.1 Å². The minimum absolute atomic E-state index is 0.0701. The standard InChI is InChI=1S/C19H27NO2/c1-12-9-10-14-16(11-12)20(13(2)21)18-15(19(14,3)4)7-6-8-17(18)22-5/h6-8,12,14,16H,9-11H2,1-5H3/t12-,14-,16-/m1/s1. The lowest BCUT2D eigenvalue weighted by molar-refractivity contribution is -0.118. The normalized spacial score (nSPS) is 29.5. The lowest BCUT2D eigenvalue weighted by Gasteiger charge is -2.54. The summed E-state index contributed by atoms with van der Waals surface area (Å²) in [6, 6.07) is 6.48. The summed E-state index contributed by atoms with van der Waals surface area (Å²) in [6.45, 7) is 8.65. The molecule has 3 rings (SSSR count). The average Bonchev–Trinajstić information content (AvgIpc) is 2.46. The zero-order chi connectivity index (χ0) is 16.1. The van der Waals surface area contributed by atoms with Gasteiger partial charge in [-0.25, -0.2) is 0 Å². The first-order chi connectivity index (χ1) is 10.4. The highest BCUT2D eigenvalue weighted by molar-refractivity contribution is 5.96. The second-order valence-corrected chi connectivity index (χ2v) is 7.56. The fraction of sp³-hybridized carbons (Fsp3) is 0.632. The van der Waals surface area contributed by atoms with Gasteiger partial charge in [0, 0.05) is 13.0 Å². The molecule has 3 nitrogen and oxygen atoms in total. The van der Waals surface area contributed by atoms with Crippen LogP contribution in [0.2, 0.25) is 0 Å². The number of carbonyl (C=O) groups is 1. The van der Waals surface area contributed by atoms with E-state index in [1.54, 1.807) is 14.0 Å². The van der Waals surface area contributed by atoms with E-state index in [4.69, 9.17) is 4.74 Å². The molecular formula is C19H27NO2. The van der Waals surface area contributed by atoms with Crippen molar-refractivity contribution in [3.8, 4) is 5.75 Å². The second-order valence-electron chi connectivity index (χ2n) is 7.56. The van der Waals surface area contributed by atoms with Gasteiger partial charge in [0.25, 0.3) is 0 Å². The number of ether oxygens (including phenoxy) is 1. The van der Waals surface area contributed by atoms with Gasteiger partial charge < -0.3 is 9.64 Å². The van der Waals surface area contributed by atoms with Crippen LogP contribution in [0.25, 0.3) is 0 Å². The Morgan fingerprint density at radius 3 is 2.68 bits per heavy atom. The summed E-state index contributed by atoms with van der Waals surface area (Å²) < 4.78 is 5.60. The molecule has 0 N–H and O–H groups in total. The molecule has 0 unspecified atom stereocenters. The van der Waals surface area contributed by atoms with Crippen molar-refractivity contribution in [1.82, 2.24) is 0 Å². The van der Waals surface area contributed by atoms with Crippen molar-refractivity contribution in [3.63, 3.8) is 0 Å².